The maximum absolute atomic E-state index is 11.7. The summed E-state index contributed by atoms with van der Waals surface area (Å²) in [5.74, 6) is 0.120. The quantitative estimate of drug-likeness (QED) is 0.374. The molecule has 15 heteroatoms. The van der Waals surface area contributed by atoms with Crippen molar-refractivity contribution in [3.63, 3.8) is 0 Å². The van der Waals surface area contributed by atoms with Gasteiger partial charge >= 0.3 is 31.5 Å². The largest absolute Gasteiger partial charge is 0.383 e. The van der Waals surface area contributed by atoms with E-state index in [2.05, 4.69) is 13.6 Å². The molecular formula is C9H16N3O9P3. The van der Waals surface area contributed by atoms with Gasteiger partial charge in [-0.15, -0.1) is 0 Å². The molecular weight excluding hydrogens is 387 g/mol. The third-order valence-corrected chi connectivity index (χ3v) is 5.53. The lowest BCUT2D eigenvalue weighted by atomic mass is 10.2. The van der Waals surface area contributed by atoms with Crippen molar-refractivity contribution in [3.05, 3.63) is 22.7 Å². The molecule has 0 amide bonds. The van der Waals surface area contributed by atoms with Gasteiger partial charge in [-0.05, 0) is 18.9 Å². The van der Waals surface area contributed by atoms with Crippen LogP contribution in [0.5, 0.6) is 0 Å². The predicted octanol–water partition coefficient (Wildman–Crippen LogP) is 0.203. The molecule has 6 N–H and O–H groups in total. The molecule has 1 aromatic rings. The summed E-state index contributed by atoms with van der Waals surface area (Å²) in [6.07, 6.45) is 1.67. The third-order valence-electron chi connectivity index (χ3n) is 2.90. The van der Waals surface area contributed by atoms with Crippen molar-refractivity contribution in [2.75, 3.05) is 12.3 Å². The van der Waals surface area contributed by atoms with Crippen LogP contribution < -0.4 is 11.4 Å². The topological polar surface area (TPSA) is 179 Å². The van der Waals surface area contributed by atoms with Crippen molar-refractivity contribution in [1.82, 2.24) is 9.55 Å². The van der Waals surface area contributed by atoms with Crippen LogP contribution in [0.15, 0.2) is 17.1 Å². The molecule has 0 saturated carbocycles. The normalized spacial score (nSPS) is 23.5. The van der Waals surface area contributed by atoms with E-state index in [-0.39, 0.29) is 12.4 Å². The van der Waals surface area contributed by atoms with E-state index in [1.807, 2.05) is 0 Å². The number of hydrogen-bond donors (Lipinski definition) is 5. The highest BCUT2D eigenvalue weighted by atomic mass is 31.3. The smallest absolute Gasteiger partial charge is 0.351 e. The SMILES string of the molecule is Nc1ccn([C@H]2CC[C@@H](COP(O)OP(O)OP(O)O)O2)c(=O)n1. The minimum Gasteiger partial charge on any atom is -0.383 e. The minimum atomic E-state index is -2.80. The van der Waals surface area contributed by atoms with E-state index in [0.29, 0.717) is 12.8 Å². The number of ether oxygens (including phenoxy) is 1. The first-order valence-electron chi connectivity index (χ1n) is 6.50. The Hall–Kier alpha value is -0.350. The average Bonchev–Trinajstić information content (AvgIpc) is 2.92. The van der Waals surface area contributed by atoms with Crippen molar-refractivity contribution < 1.29 is 37.5 Å². The second-order valence-corrected chi connectivity index (χ2v) is 7.54. The molecule has 2 rings (SSSR count). The molecule has 136 valence electrons. The molecule has 1 aliphatic rings. The van der Waals surface area contributed by atoms with E-state index < -0.39 is 43.8 Å². The van der Waals surface area contributed by atoms with Crippen molar-refractivity contribution in [1.29, 1.82) is 0 Å². The Morgan fingerprint density at radius 1 is 1.29 bits per heavy atom. The lowest BCUT2D eigenvalue weighted by molar-refractivity contribution is -0.0213. The van der Waals surface area contributed by atoms with Gasteiger partial charge in [0, 0.05) is 6.20 Å². The van der Waals surface area contributed by atoms with E-state index in [1.165, 1.54) is 16.8 Å². The standard InChI is InChI=1S/C9H16N3O9P3/c10-7-3-4-12(9(13)11-7)8-2-1-6(19-8)5-18-23(16)21-24(17)20-22(14)15/h3-4,6,8,14-17H,1-2,5H2,(H2,10,11,13)/t6-,8+,23?,24?/m0/s1. The molecule has 12 nitrogen and oxygen atoms in total. The molecule has 1 aliphatic heterocycles. The molecule has 4 atom stereocenters. The molecule has 0 radical (unpaired) electrons. The molecule has 0 spiro atoms. The summed E-state index contributed by atoms with van der Waals surface area (Å²) < 4.78 is 20.6. The second-order valence-electron chi connectivity index (χ2n) is 4.52. The summed E-state index contributed by atoms with van der Waals surface area (Å²) >= 11 is 0. The monoisotopic (exact) mass is 403 g/mol. The van der Waals surface area contributed by atoms with E-state index >= 15 is 0 Å². The van der Waals surface area contributed by atoms with E-state index in [4.69, 9.17) is 29.7 Å². The Morgan fingerprint density at radius 3 is 2.71 bits per heavy atom. The molecule has 1 saturated heterocycles. The van der Waals surface area contributed by atoms with Gasteiger partial charge in [-0.3, -0.25) is 4.57 Å². The van der Waals surface area contributed by atoms with Crippen LogP contribution in [0, 0.1) is 0 Å². The highest BCUT2D eigenvalue weighted by Gasteiger charge is 2.29. The fourth-order valence-corrected chi connectivity index (χ4v) is 3.81. The number of nitrogens with two attached hydrogens (primary N) is 1. The van der Waals surface area contributed by atoms with Gasteiger partial charge in [0.2, 0.25) is 0 Å². The van der Waals surface area contributed by atoms with Gasteiger partial charge in [0.15, 0.2) is 0 Å². The van der Waals surface area contributed by atoms with Crippen molar-refractivity contribution in [2.24, 2.45) is 0 Å². The Bertz CT molecular complexity index is 591. The summed E-state index contributed by atoms with van der Waals surface area (Å²) in [6.45, 7) is -0.0496. The lowest BCUT2D eigenvalue weighted by Crippen LogP contribution is -2.27. The summed E-state index contributed by atoms with van der Waals surface area (Å²) in [7, 11) is -7.94. The summed E-state index contributed by atoms with van der Waals surface area (Å²) in [4.78, 5) is 51.0. The molecule has 0 aliphatic carbocycles. The van der Waals surface area contributed by atoms with Crippen LogP contribution >= 0.6 is 25.8 Å². The molecule has 1 aromatic heterocycles. The first kappa shape index (κ1) is 20.0. The Kier molecular flexibility index (Phi) is 7.80. The summed E-state index contributed by atoms with van der Waals surface area (Å²) in [6, 6.07) is 1.48. The highest BCUT2D eigenvalue weighted by molar-refractivity contribution is 7.60. The Morgan fingerprint density at radius 2 is 2.04 bits per heavy atom. The Balaban J connectivity index is 1.76. The molecule has 1 fully saturated rings. The first-order valence-corrected chi connectivity index (χ1v) is 9.93. The number of hydrogen-bond acceptors (Lipinski definition) is 11. The second kappa shape index (κ2) is 9.38. The Labute approximate surface area is 139 Å². The van der Waals surface area contributed by atoms with Crippen molar-refractivity contribution >= 4 is 31.6 Å². The highest BCUT2D eigenvalue weighted by Crippen LogP contribution is 2.55. The van der Waals surface area contributed by atoms with Gasteiger partial charge in [-0.1, -0.05) is 0 Å². The van der Waals surface area contributed by atoms with Crippen LogP contribution in [0.25, 0.3) is 0 Å². The number of nitrogens with zero attached hydrogens (tertiary/aromatic N) is 2. The van der Waals surface area contributed by atoms with Gasteiger partial charge in [0.05, 0.1) is 12.7 Å². The number of nitrogen functional groups attached to an aromatic ring is 1. The van der Waals surface area contributed by atoms with Crippen LogP contribution in [-0.2, 0) is 17.9 Å². The number of rotatable bonds is 8. The zero-order chi connectivity index (χ0) is 17.7. The van der Waals surface area contributed by atoms with Gasteiger partial charge in [-0.2, -0.15) is 4.98 Å². The lowest BCUT2D eigenvalue weighted by Gasteiger charge is -2.17. The van der Waals surface area contributed by atoms with E-state index in [9.17, 15) is 9.69 Å². The minimum absolute atomic E-state index is 0.0496. The zero-order valence-electron chi connectivity index (χ0n) is 12.1. The molecule has 2 unspecified atom stereocenters. The van der Waals surface area contributed by atoms with Crippen molar-refractivity contribution in [3.8, 4) is 0 Å². The maximum atomic E-state index is 11.7. The van der Waals surface area contributed by atoms with Crippen LogP contribution in [0.2, 0.25) is 0 Å². The van der Waals surface area contributed by atoms with E-state index in [0.717, 1.165) is 0 Å². The number of anilines is 1. The summed E-state index contributed by atoms with van der Waals surface area (Å²) in [5.41, 5.74) is 4.89. The zero-order valence-corrected chi connectivity index (χ0v) is 14.8. The number of aromatic nitrogens is 2. The molecule has 2 heterocycles. The van der Waals surface area contributed by atoms with Crippen LogP contribution in [0.4, 0.5) is 5.82 Å². The van der Waals surface area contributed by atoms with Gasteiger partial charge in [0.25, 0.3) is 0 Å². The first-order chi connectivity index (χ1) is 11.3. The van der Waals surface area contributed by atoms with Gasteiger partial charge in [0.1, 0.15) is 12.0 Å². The van der Waals surface area contributed by atoms with Gasteiger partial charge in [-0.25, -0.2) is 13.4 Å². The van der Waals surface area contributed by atoms with Crippen molar-refractivity contribution in [2.45, 2.75) is 25.2 Å². The molecule has 0 bridgehead atoms. The van der Waals surface area contributed by atoms with Gasteiger partial charge < -0.3 is 34.6 Å². The molecule has 0 aromatic carbocycles. The van der Waals surface area contributed by atoms with Crippen LogP contribution in [0.3, 0.4) is 0 Å². The predicted molar refractivity (Wildman–Crippen MR) is 83.8 cm³/mol. The van der Waals surface area contributed by atoms with E-state index in [1.54, 1.807) is 0 Å². The van der Waals surface area contributed by atoms with Crippen LogP contribution in [-0.4, -0.2) is 41.8 Å². The fourth-order valence-electron chi connectivity index (χ4n) is 1.97. The third kappa shape index (κ3) is 6.18. The average molecular weight is 403 g/mol. The fraction of sp³-hybridized carbons (Fsp3) is 0.556. The van der Waals surface area contributed by atoms with Crippen LogP contribution in [0.1, 0.15) is 19.1 Å². The summed E-state index contributed by atoms with van der Waals surface area (Å²) in [5, 5.41) is 0. The maximum Gasteiger partial charge on any atom is 0.351 e. The molecule has 24 heavy (non-hydrogen) atoms.